The van der Waals surface area contributed by atoms with E-state index in [-0.39, 0.29) is 35.2 Å². The van der Waals surface area contributed by atoms with E-state index in [4.69, 9.17) is 9.47 Å². The molecule has 0 aliphatic heterocycles. The number of rotatable bonds is 7. The molecule has 5 nitrogen and oxygen atoms in total. The maximum absolute atomic E-state index is 14.5. The Balaban J connectivity index is 0.000000442. The fourth-order valence-electron chi connectivity index (χ4n) is 3.73. The van der Waals surface area contributed by atoms with Crippen LogP contribution in [0.5, 0.6) is 5.75 Å². The van der Waals surface area contributed by atoms with E-state index in [2.05, 4.69) is 17.2 Å². The molecule has 0 saturated carbocycles. The molecule has 58 heavy (non-hydrogen) atoms. The van der Waals surface area contributed by atoms with Crippen LogP contribution in [0.25, 0.3) is 0 Å². The predicted octanol–water partition coefficient (Wildman–Crippen LogP) is 11.8. The normalized spacial score (nSPS) is 22.0. The second-order valence-electron chi connectivity index (χ2n) is 11.7. The van der Waals surface area contributed by atoms with Gasteiger partial charge < -0.3 is 14.2 Å². The van der Waals surface area contributed by atoms with Crippen LogP contribution in [0.15, 0.2) is 102 Å². The van der Waals surface area contributed by atoms with Crippen molar-refractivity contribution in [3.63, 3.8) is 0 Å². The molecule has 3 aromatic rings. The number of alkyl halides is 6. The van der Waals surface area contributed by atoms with Crippen molar-refractivity contribution in [2.75, 3.05) is 25.0 Å². The van der Waals surface area contributed by atoms with Gasteiger partial charge >= 0.3 is 108 Å². The van der Waals surface area contributed by atoms with Crippen LogP contribution in [0.3, 0.4) is 0 Å². The van der Waals surface area contributed by atoms with Crippen LogP contribution in [0.1, 0.15) is 15.9 Å². The van der Waals surface area contributed by atoms with Crippen LogP contribution in [0.4, 0.5) is 64.9 Å². The van der Waals surface area contributed by atoms with Crippen LogP contribution in [0.2, 0.25) is 0 Å². The molecule has 0 saturated heterocycles. The number of hydrogen-bond donors (Lipinski definition) is 0. The summed E-state index contributed by atoms with van der Waals surface area (Å²) in [6.45, 7) is 0.213. The molecule has 0 radical (unpaired) electrons. The molecule has 2 unspecified atom stereocenters. The summed E-state index contributed by atoms with van der Waals surface area (Å²) >= 11 is -22.5. The summed E-state index contributed by atoms with van der Waals surface area (Å²) in [5.41, 5.74) is 0.616. The van der Waals surface area contributed by atoms with Gasteiger partial charge in [-0.05, 0) is 42.0 Å². The average molecular weight is 1130 g/mol. The Labute approximate surface area is 328 Å². The van der Waals surface area contributed by atoms with Gasteiger partial charge in [0.2, 0.25) is 0 Å². The Morgan fingerprint density at radius 1 is 0.586 bits per heavy atom. The minimum absolute atomic E-state index is 0.00575. The summed E-state index contributed by atoms with van der Waals surface area (Å²) in [6, 6.07) is 23.4. The summed E-state index contributed by atoms with van der Waals surface area (Å²) < 4.78 is 218. The zero-order valence-electron chi connectivity index (χ0n) is 29.5. The van der Waals surface area contributed by atoms with Crippen LogP contribution in [0, 0.1) is 0 Å². The SMILES string of the molecule is C[S+](C)C1(F)C=CC(F)(OC(=O)c2ccccc2)C(F)(F)C1(F)F.C[S+](C)c1ccc(OC(=O)OCc2ccccc2)cc1.[F][Sb-]([F])([F])([F])([F])[F].[F][Sb-]([F])([F])([F])([F])[F]. The van der Waals surface area contributed by atoms with Crippen molar-refractivity contribution >= 4 is 72.9 Å². The van der Waals surface area contributed by atoms with Gasteiger partial charge in [-0.15, -0.1) is 0 Å². The van der Waals surface area contributed by atoms with Gasteiger partial charge in [-0.25, -0.2) is 9.59 Å². The summed E-state index contributed by atoms with van der Waals surface area (Å²) in [5.74, 6) is -16.6. The molecule has 0 heterocycles. The molecule has 0 aromatic heterocycles. The first-order valence-corrected chi connectivity index (χ1v) is 30.5. The zero-order chi connectivity index (χ0) is 45.6. The summed E-state index contributed by atoms with van der Waals surface area (Å²) in [6.07, 6.45) is 5.41. The number of esters is 1. The summed E-state index contributed by atoms with van der Waals surface area (Å²) in [7, 11) is -1.66. The topological polar surface area (TPSA) is 61.8 Å². The first-order chi connectivity index (χ1) is 25.4. The van der Waals surface area contributed by atoms with E-state index >= 15 is 0 Å². The number of carbonyl (C=O) groups is 2. The predicted molar refractivity (Wildman–Crippen MR) is 184 cm³/mol. The monoisotopic (exact) mass is 1130 g/mol. The van der Waals surface area contributed by atoms with Gasteiger partial charge in [-0.1, -0.05) is 48.5 Å². The van der Waals surface area contributed by atoms with Crippen LogP contribution < -0.4 is 4.74 Å². The number of ether oxygens (including phenoxy) is 3. The number of benzene rings is 3. The Hall–Kier alpha value is -2.78. The summed E-state index contributed by atoms with van der Waals surface area (Å²) in [4.78, 5) is 24.5. The molecule has 3 aromatic carbocycles. The second kappa shape index (κ2) is 16.9. The molecule has 332 valence electrons. The van der Waals surface area contributed by atoms with Gasteiger partial charge in [0.15, 0.2) is 4.90 Å². The minimum atomic E-state index is -11.2. The quantitative estimate of drug-likeness (QED) is 0.0589. The third-order valence-corrected chi connectivity index (χ3v) is 9.10. The van der Waals surface area contributed by atoms with E-state index in [0.29, 0.717) is 5.75 Å². The number of hydrogen-bond acceptors (Lipinski definition) is 5. The second-order valence-corrected chi connectivity index (χ2v) is 26.9. The zero-order valence-corrected chi connectivity index (χ0v) is 36.2. The van der Waals surface area contributed by atoms with Gasteiger partial charge in [0.25, 0.3) is 0 Å². The van der Waals surface area contributed by atoms with E-state index in [1.54, 1.807) is 12.1 Å². The van der Waals surface area contributed by atoms with Crippen molar-refractivity contribution in [2.24, 2.45) is 0 Å². The molecule has 0 fully saturated rings. The molecular formula is C31H30F18O5S2Sb2. The fraction of sp³-hybridized carbons (Fsp3) is 0.290. The average Bonchev–Trinajstić information content (AvgIpc) is 3.04. The van der Waals surface area contributed by atoms with Crippen LogP contribution in [-0.4, -0.2) is 98.8 Å². The standard InChI is InChI=1S/C16H17O3S.C15H13F6O2S.12FH.2Sb/c1-20(2)15-10-8-14(9-11-15)19-16(17)18-12-13-6-4-3-5-7-13;1-24(2)13(17)9-8-12(16,14(18,19)15(13,20)21)23-11(22)10-6-4-3-5-7-10;;;;;;;;;;;;;;/h3-11H,12H2,1-2H3;3-9H,1-2H3;12*1H;;/q2*+1;;;;;;;;;;;;;2*+5/p-12. The third kappa shape index (κ3) is 20.0. The summed E-state index contributed by atoms with van der Waals surface area (Å²) in [5, 5.41) is -3.76. The van der Waals surface area contributed by atoms with Gasteiger partial charge in [-0.2, -0.15) is 26.3 Å². The first-order valence-electron chi connectivity index (χ1n) is 14.8. The Bertz CT molecular complexity index is 1830. The Morgan fingerprint density at radius 3 is 1.40 bits per heavy atom. The van der Waals surface area contributed by atoms with Crippen LogP contribution >= 0.6 is 0 Å². The molecule has 1 aliphatic carbocycles. The molecule has 0 N–H and O–H groups in total. The van der Waals surface area contributed by atoms with Crippen molar-refractivity contribution in [3.8, 4) is 5.75 Å². The van der Waals surface area contributed by atoms with Crippen molar-refractivity contribution in [2.45, 2.75) is 34.2 Å². The molecular weight excluding hydrogens is 1100 g/mol. The van der Waals surface area contributed by atoms with Crippen molar-refractivity contribution in [3.05, 3.63) is 108 Å². The van der Waals surface area contributed by atoms with E-state index in [1.165, 1.54) is 23.1 Å². The van der Waals surface area contributed by atoms with E-state index in [0.717, 1.165) is 30.2 Å². The molecule has 2 atom stereocenters. The van der Waals surface area contributed by atoms with Crippen molar-refractivity contribution in [1.82, 2.24) is 0 Å². The third-order valence-electron chi connectivity index (χ3n) is 6.30. The molecule has 27 heteroatoms. The van der Waals surface area contributed by atoms with Gasteiger partial charge in [0, 0.05) is 33.9 Å². The van der Waals surface area contributed by atoms with Gasteiger partial charge in [0.05, 0.1) is 5.56 Å². The van der Waals surface area contributed by atoms with Crippen LogP contribution in [-0.2, 0) is 37.9 Å². The molecule has 0 bridgehead atoms. The first kappa shape index (κ1) is 53.2. The maximum atomic E-state index is 14.5. The van der Waals surface area contributed by atoms with Gasteiger partial charge in [-0.3, -0.25) is 0 Å². The number of halogens is 18. The van der Waals surface area contributed by atoms with E-state index in [9.17, 15) is 69.7 Å². The Kier molecular flexibility index (Phi) is 15.5. The van der Waals surface area contributed by atoms with E-state index in [1.807, 2.05) is 42.5 Å². The molecule has 0 spiro atoms. The molecule has 0 amide bonds. The Morgan fingerprint density at radius 2 is 1.00 bits per heavy atom. The van der Waals surface area contributed by atoms with Crippen molar-refractivity contribution < 1.29 is 83.9 Å². The molecule has 1 aliphatic rings. The molecule has 4 rings (SSSR count). The van der Waals surface area contributed by atoms with Crippen molar-refractivity contribution in [1.29, 1.82) is 0 Å². The fourth-order valence-corrected chi connectivity index (χ4v) is 5.39. The number of carbonyl (C=O) groups excluding carboxylic acids is 2. The van der Waals surface area contributed by atoms with Gasteiger partial charge in [0.1, 0.15) is 37.4 Å². The van der Waals surface area contributed by atoms with E-state index < -0.39 is 84.7 Å².